The number of hydrogen-bond donors (Lipinski definition) is 1. The van der Waals surface area contributed by atoms with Gasteiger partial charge in [-0.3, -0.25) is 4.79 Å². The Morgan fingerprint density at radius 1 is 1.14 bits per heavy atom. The van der Waals surface area contributed by atoms with Gasteiger partial charge in [0.1, 0.15) is 11.3 Å². The Labute approximate surface area is 125 Å². The van der Waals surface area contributed by atoms with E-state index in [2.05, 4.69) is 0 Å². The summed E-state index contributed by atoms with van der Waals surface area (Å²) in [5.74, 6) is 0.732. The van der Waals surface area contributed by atoms with E-state index in [4.69, 9.17) is 20.8 Å². The van der Waals surface area contributed by atoms with E-state index >= 15 is 0 Å². The van der Waals surface area contributed by atoms with Crippen molar-refractivity contribution in [2.45, 2.75) is 0 Å². The highest BCUT2D eigenvalue weighted by Crippen LogP contribution is 2.32. The van der Waals surface area contributed by atoms with Crippen molar-refractivity contribution < 1.29 is 14.3 Å². The molecule has 0 spiro atoms. The molecule has 0 saturated heterocycles. The van der Waals surface area contributed by atoms with Crippen molar-refractivity contribution in [2.75, 3.05) is 7.11 Å². The molecule has 0 aliphatic heterocycles. The van der Waals surface area contributed by atoms with Gasteiger partial charge in [-0.25, -0.2) is 0 Å². The third-order valence-electron chi connectivity index (χ3n) is 3.15. The number of phenols is 1. The van der Waals surface area contributed by atoms with Crippen molar-refractivity contribution in [1.29, 1.82) is 0 Å². The van der Waals surface area contributed by atoms with Crippen LogP contribution in [0.5, 0.6) is 11.5 Å². The number of rotatable bonds is 2. The molecule has 0 bridgehead atoms. The minimum atomic E-state index is -0.180. The quantitative estimate of drug-likeness (QED) is 0.781. The molecular weight excluding hydrogens is 292 g/mol. The van der Waals surface area contributed by atoms with Gasteiger partial charge in [0.15, 0.2) is 16.9 Å². The van der Waals surface area contributed by atoms with E-state index in [9.17, 15) is 9.90 Å². The summed E-state index contributed by atoms with van der Waals surface area (Å²) < 4.78 is 10.8. The highest BCUT2D eigenvalue weighted by Gasteiger charge is 2.10. The highest BCUT2D eigenvalue weighted by molar-refractivity contribution is 6.31. The Kier molecular flexibility index (Phi) is 3.31. The molecule has 0 saturated carbocycles. The third-order valence-corrected chi connectivity index (χ3v) is 3.39. The van der Waals surface area contributed by atoms with Gasteiger partial charge in [-0.05, 0) is 36.4 Å². The van der Waals surface area contributed by atoms with Gasteiger partial charge in [0.05, 0.1) is 12.5 Å². The lowest BCUT2D eigenvalue weighted by Gasteiger charge is -2.07. The minimum Gasteiger partial charge on any atom is -0.504 e. The number of ether oxygens (including phenoxy) is 1. The molecule has 1 N–H and O–H groups in total. The standard InChI is InChI=1S/C16H11ClO4/c1-20-16-6-9(2-4-12(16)18)15-8-13(19)11-7-10(17)3-5-14(11)21-15/h2-8,18H,1H3. The van der Waals surface area contributed by atoms with Crippen LogP contribution in [0.15, 0.2) is 51.7 Å². The smallest absolute Gasteiger partial charge is 0.193 e. The molecule has 0 radical (unpaired) electrons. The molecule has 3 aromatic rings. The number of aromatic hydroxyl groups is 1. The molecule has 0 unspecified atom stereocenters. The average Bonchev–Trinajstić information content (AvgIpc) is 2.48. The van der Waals surface area contributed by atoms with Crippen LogP contribution in [0.3, 0.4) is 0 Å². The summed E-state index contributed by atoms with van der Waals surface area (Å²) in [6, 6.07) is 11.0. The molecule has 3 rings (SSSR count). The Hall–Kier alpha value is -2.46. The largest absolute Gasteiger partial charge is 0.504 e. The summed E-state index contributed by atoms with van der Waals surface area (Å²) in [6.45, 7) is 0. The van der Waals surface area contributed by atoms with E-state index in [1.807, 2.05) is 0 Å². The lowest BCUT2D eigenvalue weighted by Crippen LogP contribution is -2.00. The van der Waals surface area contributed by atoms with E-state index in [0.29, 0.717) is 33.1 Å². The molecule has 0 atom stereocenters. The van der Waals surface area contributed by atoms with Crippen LogP contribution in [-0.2, 0) is 0 Å². The Morgan fingerprint density at radius 3 is 2.71 bits per heavy atom. The zero-order valence-electron chi connectivity index (χ0n) is 11.1. The van der Waals surface area contributed by atoms with Gasteiger partial charge in [-0.15, -0.1) is 0 Å². The summed E-state index contributed by atoms with van der Waals surface area (Å²) in [4.78, 5) is 12.1. The average molecular weight is 303 g/mol. The van der Waals surface area contributed by atoms with Crippen LogP contribution in [0, 0.1) is 0 Å². The summed E-state index contributed by atoms with van der Waals surface area (Å²) in [5.41, 5.74) is 0.910. The van der Waals surface area contributed by atoms with Crippen molar-refractivity contribution in [2.24, 2.45) is 0 Å². The maximum Gasteiger partial charge on any atom is 0.193 e. The Morgan fingerprint density at radius 2 is 1.95 bits per heavy atom. The molecule has 106 valence electrons. The summed E-state index contributed by atoms with van der Waals surface area (Å²) in [7, 11) is 1.46. The lowest BCUT2D eigenvalue weighted by atomic mass is 10.1. The second-order valence-electron chi connectivity index (χ2n) is 4.50. The molecule has 5 heteroatoms. The summed E-state index contributed by atoms with van der Waals surface area (Å²) in [6.07, 6.45) is 0. The van der Waals surface area contributed by atoms with Gasteiger partial charge < -0.3 is 14.3 Å². The van der Waals surface area contributed by atoms with Crippen LogP contribution in [0.2, 0.25) is 5.02 Å². The minimum absolute atomic E-state index is 0.0242. The van der Waals surface area contributed by atoms with Gasteiger partial charge in [0.25, 0.3) is 0 Å². The van der Waals surface area contributed by atoms with Crippen LogP contribution >= 0.6 is 11.6 Å². The van der Waals surface area contributed by atoms with Crippen molar-refractivity contribution in [3.8, 4) is 22.8 Å². The molecule has 0 amide bonds. The van der Waals surface area contributed by atoms with Crippen molar-refractivity contribution in [3.05, 3.63) is 57.7 Å². The Bertz CT molecular complexity index is 883. The van der Waals surface area contributed by atoms with Gasteiger partial charge in [0, 0.05) is 16.7 Å². The fourth-order valence-electron chi connectivity index (χ4n) is 2.10. The van der Waals surface area contributed by atoms with Crippen LogP contribution in [0.1, 0.15) is 0 Å². The summed E-state index contributed by atoms with van der Waals surface area (Å²) >= 11 is 5.88. The molecule has 4 nitrogen and oxygen atoms in total. The fraction of sp³-hybridized carbons (Fsp3) is 0.0625. The highest BCUT2D eigenvalue weighted by atomic mass is 35.5. The van der Waals surface area contributed by atoms with Gasteiger partial charge in [-0.1, -0.05) is 11.6 Å². The van der Waals surface area contributed by atoms with E-state index in [0.717, 1.165) is 0 Å². The van der Waals surface area contributed by atoms with Gasteiger partial charge in [0.2, 0.25) is 0 Å². The molecule has 21 heavy (non-hydrogen) atoms. The van der Waals surface area contributed by atoms with Crippen molar-refractivity contribution in [3.63, 3.8) is 0 Å². The maximum atomic E-state index is 12.1. The second-order valence-corrected chi connectivity index (χ2v) is 4.94. The first kappa shape index (κ1) is 13.5. The zero-order chi connectivity index (χ0) is 15.0. The monoisotopic (exact) mass is 302 g/mol. The van der Waals surface area contributed by atoms with Crippen molar-refractivity contribution in [1.82, 2.24) is 0 Å². The zero-order valence-corrected chi connectivity index (χ0v) is 11.8. The molecule has 1 heterocycles. The molecule has 0 aliphatic carbocycles. The van der Waals surface area contributed by atoms with E-state index in [1.165, 1.54) is 19.2 Å². The number of methoxy groups -OCH3 is 1. The Balaban J connectivity index is 2.21. The number of phenolic OH excluding ortho intramolecular Hbond substituents is 1. The first-order valence-electron chi connectivity index (χ1n) is 6.19. The van der Waals surface area contributed by atoms with Crippen LogP contribution < -0.4 is 10.2 Å². The van der Waals surface area contributed by atoms with E-state index in [-0.39, 0.29) is 11.2 Å². The van der Waals surface area contributed by atoms with Crippen LogP contribution in [0.4, 0.5) is 0 Å². The van der Waals surface area contributed by atoms with Crippen LogP contribution in [-0.4, -0.2) is 12.2 Å². The molecule has 2 aromatic carbocycles. The first-order chi connectivity index (χ1) is 10.1. The SMILES string of the molecule is COc1cc(-c2cc(=O)c3cc(Cl)ccc3o2)ccc1O. The molecule has 0 aliphatic rings. The predicted octanol–water partition coefficient (Wildman–Crippen LogP) is 3.83. The first-order valence-corrected chi connectivity index (χ1v) is 6.57. The number of halogens is 1. The number of benzene rings is 2. The molecule has 1 aromatic heterocycles. The molecule has 0 fully saturated rings. The van der Waals surface area contributed by atoms with Crippen molar-refractivity contribution >= 4 is 22.6 Å². The van der Waals surface area contributed by atoms with Gasteiger partial charge >= 0.3 is 0 Å². The van der Waals surface area contributed by atoms with Crippen LogP contribution in [0.25, 0.3) is 22.3 Å². The number of hydrogen-bond acceptors (Lipinski definition) is 4. The lowest BCUT2D eigenvalue weighted by molar-refractivity contribution is 0.373. The topological polar surface area (TPSA) is 59.7 Å². The molecular formula is C16H11ClO4. The second kappa shape index (κ2) is 5.14. The van der Waals surface area contributed by atoms with Gasteiger partial charge in [-0.2, -0.15) is 0 Å². The third kappa shape index (κ3) is 2.45. The van der Waals surface area contributed by atoms with E-state index in [1.54, 1.807) is 30.3 Å². The maximum absolute atomic E-state index is 12.1. The predicted molar refractivity (Wildman–Crippen MR) is 81.1 cm³/mol. The summed E-state index contributed by atoms with van der Waals surface area (Å²) in [5, 5.41) is 10.5. The number of fused-ring (bicyclic) bond motifs is 1. The normalized spacial score (nSPS) is 10.8. The van der Waals surface area contributed by atoms with E-state index < -0.39 is 0 Å². The fourth-order valence-corrected chi connectivity index (χ4v) is 2.27.